The molecule has 0 bridgehead atoms. The fraction of sp³-hybridized carbons (Fsp3) is 0.158. The zero-order valence-electron chi connectivity index (χ0n) is 14.9. The Kier molecular flexibility index (Phi) is 4.29. The highest BCUT2D eigenvalue weighted by atomic mass is 16.5. The van der Waals surface area contributed by atoms with Gasteiger partial charge in [-0.25, -0.2) is 0 Å². The van der Waals surface area contributed by atoms with E-state index in [-0.39, 0.29) is 11.9 Å². The number of H-pyrrole nitrogens is 1. The van der Waals surface area contributed by atoms with Crippen molar-refractivity contribution in [2.75, 3.05) is 7.11 Å². The number of carbonyl (C=O) groups excluding carboxylic acids is 1. The van der Waals surface area contributed by atoms with Gasteiger partial charge in [0.25, 0.3) is 5.91 Å². The normalized spacial score (nSPS) is 12.1. The molecule has 1 aromatic carbocycles. The Morgan fingerprint density at radius 3 is 2.78 bits per heavy atom. The number of fused-ring (bicyclic) bond motifs is 1. The minimum atomic E-state index is -0.325. The second-order valence-corrected chi connectivity index (χ2v) is 6.07. The quantitative estimate of drug-likeness (QED) is 0.569. The molecule has 0 spiro atoms. The summed E-state index contributed by atoms with van der Waals surface area (Å²) in [4.78, 5) is 12.8. The first-order valence-electron chi connectivity index (χ1n) is 8.45. The predicted octanol–water partition coefficient (Wildman–Crippen LogP) is 2.62. The molecule has 1 atom stereocenters. The lowest BCUT2D eigenvalue weighted by Gasteiger charge is -2.12. The van der Waals surface area contributed by atoms with Gasteiger partial charge in [-0.2, -0.15) is 5.10 Å². The summed E-state index contributed by atoms with van der Waals surface area (Å²) in [5.74, 6) is 1.17. The third-order valence-corrected chi connectivity index (χ3v) is 4.34. The van der Waals surface area contributed by atoms with Gasteiger partial charge in [-0.05, 0) is 43.3 Å². The Balaban J connectivity index is 1.57. The maximum absolute atomic E-state index is 12.8. The number of hydrogen-bond acceptors (Lipinski definition) is 5. The first-order chi connectivity index (χ1) is 13.2. The van der Waals surface area contributed by atoms with Crippen LogP contribution < -0.4 is 10.1 Å². The van der Waals surface area contributed by atoms with Crippen molar-refractivity contribution >= 4 is 11.6 Å². The summed E-state index contributed by atoms with van der Waals surface area (Å²) >= 11 is 0. The maximum Gasteiger partial charge on any atom is 0.255 e. The van der Waals surface area contributed by atoms with Crippen LogP contribution in [-0.4, -0.2) is 37.8 Å². The van der Waals surface area contributed by atoms with E-state index >= 15 is 0 Å². The molecule has 0 saturated heterocycles. The number of rotatable bonds is 5. The summed E-state index contributed by atoms with van der Waals surface area (Å²) in [6.07, 6.45) is 3.39. The Hall–Kier alpha value is -3.68. The number of aromatic nitrogens is 5. The molecule has 136 valence electrons. The van der Waals surface area contributed by atoms with Gasteiger partial charge in [-0.3, -0.25) is 14.3 Å². The van der Waals surface area contributed by atoms with Gasteiger partial charge in [0.15, 0.2) is 11.5 Å². The van der Waals surface area contributed by atoms with Crippen LogP contribution in [0.2, 0.25) is 0 Å². The molecule has 8 heteroatoms. The molecule has 1 amide bonds. The minimum absolute atomic E-state index is 0.241. The van der Waals surface area contributed by atoms with Gasteiger partial charge in [-0.1, -0.05) is 6.07 Å². The SMILES string of the molecule is COc1ccc(-c2[nH]ncc2C(=O)NC(C)c2nnc3ccccn23)cc1. The van der Waals surface area contributed by atoms with Crippen molar-refractivity contribution in [1.29, 1.82) is 0 Å². The molecule has 1 unspecified atom stereocenters. The van der Waals surface area contributed by atoms with Crippen molar-refractivity contribution < 1.29 is 9.53 Å². The van der Waals surface area contributed by atoms with Crippen molar-refractivity contribution in [2.24, 2.45) is 0 Å². The van der Waals surface area contributed by atoms with Gasteiger partial charge in [-0.15, -0.1) is 10.2 Å². The lowest BCUT2D eigenvalue weighted by Crippen LogP contribution is -2.28. The molecule has 0 radical (unpaired) electrons. The molecule has 0 fully saturated rings. The number of benzene rings is 1. The summed E-state index contributed by atoms with van der Waals surface area (Å²) in [5.41, 5.74) is 2.68. The third-order valence-electron chi connectivity index (χ3n) is 4.34. The number of amides is 1. The van der Waals surface area contributed by atoms with E-state index in [0.717, 1.165) is 17.0 Å². The van der Waals surface area contributed by atoms with Crippen LogP contribution >= 0.6 is 0 Å². The highest BCUT2D eigenvalue weighted by Crippen LogP contribution is 2.24. The first kappa shape index (κ1) is 16.8. The van der Waals surface area contributed by atoms with E-state index in [2.05, 4.69) is 25.7 Å². The Labute approximate surface area is 155 Å². The first-order valence-corrected chi connectivity index (χ1v) is 8.45. The number of nitrogens with zero attached hydrogens (tertiary/aromatic N) is 4. The van der Waals surface area contributed by atoms with Crippen LogP contribution in [-0.2, 0) is 0 Å². The van der Waals surface area contributed by atoms with E-state index in [9.17, 15) is 4.79 Å². The number of nitrogens with one attached hydrogen (secondary N) is 2. The zero-order valence-corrected chi connectivity index (χ0v) is 14.9. The van der Waals surface area contributed by atoms with Crippen LogP contribution in [0.5, 0.6) is 5.75 Å². The number of aromatic amines is 1. The fourth-order valence-electron chi connectivity index (χ4n) is 2.93. The lowest BCUT2D eigenvalue weighted by atomic mass is 10.1. The van der Waals surface area contributed by atoms with Crippen LogP contribution in [0.4, 0.5) is 0 Å². The molecular formula is C19H18N6O2. The van der Waals surface area contributed by atoms with Gasteiger partial charge in [0, 0.05) is 11.8 Å². The molecule has 0 saturated carbocycles. The molecule has 3 aromatic heterocycles. The molecule has 0 aliphatic heterocycles. The van der Waals surface area contributed by atoms with E-state index in [1.54, 1.807) is 7.11 Å². The molecule has 8 nitrogen and oxygen atoms in total. The van der Waals surface area contributed by atoms with Crippen molar-refractivity contribution in [3.63, 3.8) is 0 Å². The van der Waals surface area contributed by atoms with Crippen LogP contribution in [0.1, 0.15) is 29.1 Å². The maximum atomic E-state index is 12.8. The summed E-state index contributed by atoms with van der Waals surface area (Å²) in [6, 6.07) is 12.7. The van der Waals surface area contributed by atoms with Gasteiger partial charge >= 0.3 is 0 Å². The zero-order chi connectivity index (χ0) is 18.8. The lowest BCUT2D eigenvalue weighted by molar-refractivity contribution is 0.0939. The Morgan fingerprint density at radius 2 is 2.00 bits per heavy atom. The molecule has 4 rings (SSSR count). The van der Waals surface area contributed by atoms with Crippen molar-refractivity contribution in [1.82, 2.24) is 30.1 Å². The Bertz CT molecular complexity index is 1080. The standard InChI is InChI=1S/C19H18N6O2/c1-12(18-24-22-16-5-3-4-10-25(16)18)21-19(26)15-11-20-23-17(15)13-6-8-14(27-2)9-7-13/h3-12H,1-2H3,(H,20,23)(H,21,26). The minimum Gasteiger partial charge on any atom is -0.497 e. The summed E-state index contributed by atoms with van der Waals surface area (Å²) in [7, 11) is 1.61. The summed E-state index contributed by atoms with van der Waals surface area (Å²) in [5, 5.41) is 18.2. The summed E-state index contributed by atoms with van der Waals surface area (Å²) < 4.78 is 7.02. The average molecular weight is 362 g/mol. The van der Waals surface area contributed by atoms with E-state index < -0.39 is 0 Å². The van der Waals surface area contributed by atoms with Crippen LogP contribution in [0.3, 0.4) is 0 Å². The van der Waals surface area contributed by atoms with Gasteiger partial charge < -0.3 is 10.1 Å². The number of carbonyl (C=O) groups is 1. The monoisotopic (exact) mass is 362 g/mol. The number of pyridine rings is 1. The van der Waals surface area contributed by atoms with E-state index in [1.807, 2.05) is 60.0 Å². The van der Waals surface area contributed by atoms with Crippen molar-refractivity contribution in [3.05, 3.63) is 66.2 Å². The van der Waals surface area contributed by atoms with E-state index in [0.29, 0.717) is 17.1 Å². The van der Waals surface area contributed by atoms with Crippen LogP contribution in [0.25, 0.3) is 16.9 Å². The topological polar surface area (TPSA) is 97.2 Å². The molecule has 0 aliphatic carbocycles. The van der Waals surface area contributed by atoms with Gasteiger partial charge in [0.2, 0.25) is 0 Å². The number of hydrogen-bond donors (Lipinski definition) is 2. The molecular weight excluding hydrogens is 344 g/mol. The second kappa shape index (κ2) is 6.91. The largest absolute Gasteiger partial charge is 0.497 e. The van der Waals surface area contributed by atoms with Gasteiger partial charge in [0.1, 0.15) is 5.75 Å². The third kappa shape index (κ3) is 3.12. The van der Waals surface area contributed by atoms with E-state index in [1.165, 1.54) is 6.20 Å². The molecule has 3 heterocycles. The van der Waals surface area contributed by atoms with Crippen LogP contribution in [0, 0.1) is 0 Å². The second-order valence-electron chi connectivity index (χ2n) is 6.07. The Morgan fingerprint density at radius 1 is 1.19 bits per heavy atom. The highest BCUT2D eigenvalue weighted by Gasteiger charge is 2.20. The summed E-state index contributed by atoms with van der Waals surface area (Å²) in [6.45, 7) is 1.87. The van der Waals surface area contributed by atoms with Gasteiger partial charge in [0.05, 0.1) is 30.6 Å². The average Bonchev–Trinajstić information content (AvgIpc) is 3.35. The fourth-order valence-corrected chi connectivity index (χ4v) is 2.93. The molecule has 2 N–H and O–H groups in total. The molecule has 27 heavy (non-hydrogen) atoms. The van der Waals surface area contributed by atoms with Crippen molar-refractivity contribution in [3.8, 4) is 17.0 Å². The highest BCUT2D eigenvalue weighted by molar-refractivity contribution is 5.99. The number of ether oxygens (including phenoxy) is 1. The smallest absolute Gasteiger partial charge is 0.255 e. The molecule has 4 aromatic rings. The van der Waals surface area contributed by atoms with Crippen LogP contribution in [0.15, 0.2) is 54.9 Å². The predicted molar refractivity (Wildman–Crippen MR) is 99.4 cm³/mol. The molecule has 0 aliphatic rings. The van der Waals surface area contributed by atoms with E-state index in [4.69, 9.17) is 4.74 Å². The van der Waals surface area contributed by atoms with Crippen molar-refractivity contribution in [2.45, 2.75) is 13.0 Å². The number of methoxy groups -OCH3 is 1.